The first-order valence-corrected chi connectivity index (χ1v) is 12.3. The summed E-state index contributed by atoms with van der Waals surface area (Å²) in [5.41, 5.74) is 1.94. The van der Waals surface area contributed by atoms with E-state index in [4.69, 9.17) is 0 Å². The number of nitrogens with zero attached hydrogens (tertiary/aromatic N) is 2. The van der Waals surface area contributed by atoms with Crippen LogP contribution in [0.15, 0.2) is 53.4 Å². The van der Waals surface area contributed by atoms with Crippen LogP contribution in [0.25, 0.3) is 0 Å². The van der Waals surface area contributed by atoms with Crippen molar-refractivity contribution < 1.29 is 18.0 Å². The molecule has 1 fully saturated rings. The molecule has 0 bridgehead atoms. The molecule has 1 N–H and O–H groups in total. The lowest BCUT2D eigenvalue weighted by Gasteiger charge is -2.31. The van der Waals surface area contributed by atoms with Crippen LogP contribution in [0.3, 0.4) is 0 Å². The van der Waals surface area contributed by atoms with Crippen LogP contribution in [-0.4, -0.2) is 43.8 Å². The molecule has 2 aliphatic rings. The molecular formula is C24H29N3O4S. The second-order valence-corrected chi connectivity index (χ2v) is 11.3. The predicted molar refractivity (Wildman–Crippen MR) is 124 cm³/mol. The molecule has 4 rings (SSSR count). The van der Waals surface area contributed by atoms with E-state index >= 15 is 0 Å². The number of likely N-dealkylation sites (tertiary alicyclic amines) is 1. The minimum Gasteiger partial charge on any atom is -0.337 e. The van der Waals surface area contributed by atoms with Crippen LogP contribution in [0.4, 0.5) is 11.4 Å². The second-order valence-electron chi connectivity index (χ2n) is 9.40. The topological polar surface area (TPSA) is 86.8 Å². The van der Waals surface area contributed by atoms with Crippen molar-refractivity contribution in [1.82, 2.24) is 4.90 Å². The number of rotatable bonds is 4. The number of carbonyl (C=O) groups is 2. The number of carbonyl (C=O) groups excluding carboxylic acids is 2. The monoisotopic (exact) mass is 455 g/mol. The lowest BCUT2D eigenvalue weighted by Crippen LogP contribution is -2.42. The van der Waals surface area contributed by atoms with Gasteiger partial charge >= 0.3 is 0 Å². The zero-order valence-corrected chi connectivity index (χ0v) is 19.5. The van der Waals surface area contributed by atoms with Gasteiger partial charge in [0.1, 0.15) is 0 Å². The first-order chi connectivity index (χ1) is 15.1. The smallest absolute Gasteiger partial charge is 0.264 e. The molecule has 2 aromatic rings. The third kappa shape index (κ3) is 4.24. The molecule has 1 atom stereocenters. The lowest BCUT2D eigenvalue weighted by molar-refractivity contribution is -0.131. The average molecular weight is 456 g/mol. The van der Waals surface area contributed by atoms with E-state index in [0.717, 1.165) is 24.1 Å². The van der Waals surface area contributed by atoms with Crippen molar-refractivity contribution in [2.75, 3.05) is 22.7 Å². The normalized spacial score (nSPS) is 19.1. The van der Waals surface area contributed by atoms with Gasteiger partial charge in [-0.25, -0.2) is 8.42 Å². The predicted octanol–water partition coefficient (Wildman–Crippen LogP) is 3.41. The molecule has 0 radical (unpaired) electrons. The van der Waals surface area contributed by atoms with E-state index in [0.29, 0.717) is 18.8 Å². The maximum Gasteiger partial charge on any atom is 0.264 e. The van der Waals surface area contributed by atoms with Crippen molar-refractivity contribution >= 4 is 33.2 Å². The number of benzene rings is 2. The van der Waals surface area contributed by atoms with Crippen molar-refractivity contribution in [3.63, 3.8) is 0 Å². The maximum absolute atomic E-state index is 13.3. The van der Waals surface area contributed by atoms with Gasteiger partial charge in [-0.15, -0.1) is 0 Å². The number of hydrogen-bond acceptors (Lipinski definition) is 4. The van der Waals surface area contributed by atoms with Crippen LogP contribution in [0, 0.1) is 5.92 Å². The zero-order valence-electron chi connectivity index (χ0n) is 18.7. The molecule has 2 aliphatic heterocycles. The Hall–Kier alpha value is -2.87. The van der Waals surface area contributed by atoms with Gasteiger partial charge < -0.3 is 10.2 Å². The van der Waals surface area contributed by atoms with Crippen LogP contribution in [0.2, 0.25) is 0 Å². The van der Waals surface area contributed by atoms with Gasteiger partial charge in [-0.1, -0.05) is 18.2 Å². The molecule has 0 saturated carbocycles. The van der Waals surface area contributed by atoms with Gasteiger partial charge in [0.2, 0.25) is 11.8 Å². The summed E-state index contributed by atoms with van der Waals surface area (Å²) in [6.45, 7) is 6.67. The van der Waals surface area contributed by atoms with E-state index in [9.17, 15) is 18.0 Å². The molecular weight excluding hydrogens is 426 g/mol. The van der Waals surface area contributed by atoms with Gasteiger partial charge in [0.25, 0.3) is 10.0 Å². The van der Waals surface area contributed by atoms with Gasteiger partial charge in [0.15, 0.2) is 0 Å². The van der Waals surface area contributed by atoms with Crippen LogP contribution < -0.4 is 9.62 Å². The Labute approximate surface area is 189 Å². The minimum atomic E-state index is -3.70. The SMILES string of the molecule is CC(C)(C)N1C[C@H](C(=O)Nc2ccc(S(=O)(=O)N3CCCc4ccccc43)cc2)CC1=O. The summed E-state index contributed by atoms with van der Waals surface area (Å²) in [5.74, 6) is -0.679. The summed E-state index contributed by atoms with van der Waals surface area (Å²) in [4.78, 5) is 26.8. The fourth-order valence-corrected chi connectivity index (χ4v) is 5.90. The summed E-state index contributed by atoms with van der Waals surface area (Å²) < 4.78 is 28.0. The molecule has 2 amide bonds. The Balaban J connectivity index is 1.47. The lowest BCUT2D eigenvalue weighted by atomic mass is 10.0. The van der Waals surface area contributed by atoms with Crippen molar-refractivity contribution in [1.29, 1.82) is 0 Å². The summed E-state index contributed by atoms with van der Waals surface area (Å²) in [6.07, 6.45) is 1.82. The molecule has 0 spiro atoms. The molecule has 0 aromatic heterocycles. The number of aryl methyl sites for hydroxylation is 1. The number of fused-ring (bicyclic) bond motifs is 1. The minimum absolute atomic E-state index is 0.0269. The first kappa shape index (κ1) is 22.3. The summed E-state index contributed by atoms with van der Waals surface area (Å²) >= 11 is 0. The largest absolute Gasteiger partial charge is 0.337 e. The maximum atomic E-state index is 13.3. The fraction of sp³-hybridized carbons (Fsp3) is 0.417. The highest BCUT2D eigenvalue weighted by molar-refractivity contribution is 7.92. The second kappa shape index (κ2) is 8.24. The quantitative estimate of drug-likeness (QED) is 0.765. The van der Waals surface area contributed by atoms with E-state index in [1.807, 2.05) is 45.0 Å². The number of anilines is 2. The third-order valence-corrected chi connectivity index (χ3v) is 7.91. The highest BCUT2D eigenvalue weighted by Crippen LogP contribution is 2.32. The van der Waals surface area contributed by atoms with Gasteiger partial charge in [-0.3, -0.25) is 13.9 Å². The number of hydrogen-bond donors (Lipinski definition) is 1. The van der Waals surface area contributed by atoms with Crippen LogP contribution >= 0.6 is 0 Å². The van der Waals surface area contributed by atoms with Gasteiger partial charge in [-0.05, 0) is 69.5 Å². The molecule has 7 nitrogen and oxygen atoms in total. The molecule has 2 heterocycles. The number of para-hydroxylation sites is 1. The van der Waals surface area contributed by atoms with Crippen molar-refractivity contribution in [2.24, 2.45) is 5.92 Å². The van der Waals surface area contributed by atoms with Crippen molar-refractivity contribution in [2.45, 2.75) is 50.5 Å². The molecule has 1 saturated heterocycles. The van der Waals surface area contributed by atoms with Crippen LogP contribution in [-0.2, 0) is 26.0 Å². The van der Waals surface area contributed by atoms with Crippen LogP contribution in [0.1, 0.15) is 39.2 Å². The zero-order chi connectivity index (χ0) is 23.1. The first-order valence-electron chi connectivity index (χ1n) is 10.9. The molecule has 170 valence electrons. The Morgan fingerprint density at radius 1 is 1.06 bits per heavy atom. The molecule has 0 unspecified atom stereocenters. The van der Waals surface area contributed by atoms with Gasteiger partial charge in [-0.2, -0.15) is 0 Å². The van der Waals surface area contributed by atoms with Crippen molar-refractivity contribution in [3.05, 3.63) is 54.1 Å². The third-order valence-electron chi connectivity index (χ3n) is 6.08. The number of nitrogens with one attached hydrogen (secondary N) is 1. The molecule has 8 heteroatoms. The van der Waals surface area contributed by atoms with E-state index in [1.165, 1.54) is 16.4 Å². The van der Waals surface area contributed by atoms with Gasteiger partial charge in [0.05, 0.1) is 16.5 Å². The number of amides is 2. The summed E-state index contributed by atoms with van der Waals surface area (Å²) in [6, 6.07) is 13.8. The molecule has 0 aliphatic carbocycles. The van der Waals surface area contributed by atoms with E-state index in [-0.39, 0.29) is 28.7 Å². The van der Waals surface area contributed by atoms with Crippen LogP contribution in [0.5, 0.6) is 0 Å². The van der Waals surface area contributed by atoms with E-state index in [2.05, 4.69) is 5.32 Å². The number of sulfonamides is 1. The Kier molecular flexibility index (Phi) is 5.75. The highest BCUT2D eigenvalue weighted by atomic mass is 32.2. The molecule has 2 aromatic carbocycles. The Morgan fingerprint density at radius 3 is 2.41 bits per heavy atom. The molecule has 32 heavy (non-hydrogen) atoms. The van der Waals surface area contributed by atoms with E-state index < -0.39 is 15.9 Å². The fourth-order valence-electron chi connectivity index (χ4n) is 4.36. The average Bonchev–Trinajstić information content (AvgIpc) is 3.16. The standard InChI is InChI=1S/C24H29N3O4S/c1-24(2,3)26-16-18(15-22(26)28)23(29)25-19-10-12-20(13-11-19)32(30,31)27-14-6-8-17-7-4-5-9-21(17)27/h4-5,7,9-13,18H,6,8,14-16H2,1-3H3,(H,25,29)/t18-/m1/s1. The van der Waals surface area contributed by atoms with Crippen molar-refractivity contribution in [3.8, 4) is 0 Å². The Morgan fingerprint density at radius 2 is 1.75 bits per heavy atom. The summed E-state index contributed by atoms with van der Waals surface area (Å²) in [5, 5.41) is 2.82. The Bertz CT molecular complexity index is 1140. The van der Waals surface area contributed by atoms with E-state index in [1.54, 1.807) is 17.0 Å². The van der Waals surface area contributed by atoms with Gasteiger partial charge in [0, 0.05) is 30.7 Å². The highest BCUT2D eigenvalue weighted by Gasteiger charge is 2.39. The summed E-state index contributed by atoms with van der Waals surface area (Å²) in [7, 11) is -3.70.